The number of amides is 1. The molecule has 0 bridgehead atoms. The second kappa shape index (κ2) is 11.6. The van der Waals surface area contributed by atoms with Gasteiger partial charge in [-0.1, -0.05) is 23.7 Å². The molecule has 0 radical (unpaired) electrons. The van der Waals surface area contributed by atoms with E-state index in [0.717, 1.165) is 36.1 Å². The van der Waals surface area contributed by atoms with Crippen LogP contribution in [0.3, 0.4) is 0 Å². The summed E-state index contributed by atoms with van der Waals surface area (Å²) < 4.78 is 17.0. The number of pyridine rings is 1. The Hall–Kier alpha value is -2.69. The van der Waals surface area contributed by atoms with Crippen molar-refractivity contribution in [3.63, 3.8) is 0 Å². The van der Waals surface area contributed by atoms with Crippen molar-refractivity contribution in [2.75, 3.05) is 11.5 Å². The molecule has 11 heteroatoms. The summed E-state index contributed by atoms with van der Waals surface area (Å²) in [4.78, 5) is 44.0. The van der Waals surface area contributed by atoms with Crippen LogP contribution in [0.15, 0.2) is 46.1 Å². The van der Waals surface area contributed by atoms with Crippen molar-refractivity contribution in [2.45, 2.75) is 69.1 Å². The summed E-state index contributed by atoms with van der Waals surface area (Å²) in [6.45, 7) is 0. The van der Waals surface area contributed by atoms with Gasteiger partial charge < -0.3 is 11.1 Å². The number of nitrogens with two attached hydrogens (primary N) is 1. The Morgan fingerprint density at radius 3 is 2.42 bits per heavy atom. The van der Waals surface area contributed by atoms with E-state index in [4.69, 9.17) is 17.3 Å². The third-order valence-corrected chi connectivity index (χ3v) is 8.89. The van der Waals surface area contributed by atoms with E-state index in [2.05, 4.69) is 10.3 Å². The van der Waals surface area contributed by atoms with Crippen molar-refractivity contribution in [3.05, 3.63) is 73.8 Å². The van der Waals surface area contributed by atoms with Crippen LogP contribution in [0.1, 0.15) is 56.2 Å². The minimum Gasteiger partial charge on any atom is -0.352 e. The van der Waals surface area contributed by atoms with Gasteiger partial charge in [0.25, 0.3) is 5.56 Å². The number of hydrogen-bond acceptors (Lipinski definition) is 6. The van der Waals surface area contributed by atoms with E-state index in [1.807, 2.05) is 23.9 Å². The molecule has 2 aromatic heterocycles. The minimum atomic E-state index is -0.694. The minimum absolute atomic E-state index is 0.0752. The SMILES string of the molecule is N[C@H](Cc1ccc(Cl)cc1)C(=O)NC1CCC(n2c(=O)c3cc(F)cnc3n(C3CCSCC3)c2=O)CC1. The van der Waals surface area contributed by atoms with Gasteiger partial charge in [-0.05, 0) is 80.2 Å². The number of aromatic nitrogens is 3. The molecular formula is C27H31ClFN5O3S. The maximum absolute atomic E-state index is 14.1. The molecule has 202 valence electrons. The van der Waals surface area contributed by atoms with Gasteiger partial charge in [-0.15, -0.1) is 0 Å². The van der Waals surface area contributed by atoms with Crippen LogP contribution in [0.25, 0.3) is 11.0 Å². The van der Waals surface area contributed by atoms with Crippen molar-refractivity contribution in [2.24, 2.45) is 5.73 Å². The highest BCUT2D eigenvalue weighted by Crippen LogP contribution is 2.30. The predicted octanol–water partition coefficient (Wildman–Crippen LogP) is 3.59. The molecule has 1 aliphatic heterocycles. The molecule has 1 saturated heterocycles. The normalized spacial score (nSPS) is 21.3. The Bertz CT molecular complexity index is 1430. The molecule has 2 fully saturated rings. The highest BCUT2D eigenvalue weighted by atomic mass is 35.5. The summed E-state index contributed by atoms with van der Waals surface area (Å²) in [5.41, 5.74) is 6.44. The molecule has 3 N–H and O–H groups in total. The van der Waals surface area contributed by atoms with Crippen molar-refractivity contribution in [1.82, 2.24) is 19.4 Å². The fourth-order valence-electron chi connectivity index (χ4n) is 5.55. The first-order valence-electron chi connectivity index (χ1n) is 13.0. The highest BCUT2D eigenvalue weighted by Gasteiger charge is 2.30. The van der Waals surface area contributed by atoms with Gasteiger partial charge in [0.15, 0.2) is 0 Å². The van der Waals surface area contributed by atoms with Crippen molar-refractivity contribution in [3.8, 4) is 0 Å². The summed E-state index contributed by atoms with van der Waals surface area (Å²) in [5, 5.41) is 3.78. The molecule has 1 atom stereocenters. The summed E-state index contributed by atoms with van der Waals surface area (Å²) >= 11 is 7.76. The van der Waals surface area contributed by atoms with Gasteiger partial charge in [0.1, 0.15) is 11.5 Å². The first-order valence-corrected chi connectivity index (χ1v) is 14.6. The largest absolute Gasteiger partial charge is 0.352 e. The Morgan fingerprint density at radius 2 is 1.74 bits per heavy atom. The second-order valence-corrected chi connectivity index (χ2v) is 11.8. The third-order valence-electron chi connectivity index (χ3n) is 7.59. The van der Waals surface area contributed by atoms with E-state index in [1.165, 1.54) is 10.6 Å². The maximum atomic E-state index is 14.1. The van der Waals surface area contributed by atoms with E-state index < -0.39 is 17.4 Å². The molecule has 1 aromatic carbocycles. The molecule has 1 aliphatic carbocycles. The van der Waals surface area contributed by atoms with Gasteiger partial charge >= 0.3 is 5.69 Å². The molecule has 1 saturated carbocycles. The molecule has 3 heterocycles. The van der Waals surface area contributed by atoms with E-state index in [1.54, 1.807) is 16.7 Å². The van der Waals surface area contributed by atoms with Crippen LogP contribution in [0.4, 0.5) is 4.39 Å². The highest BCUT2D eigenvalue weighted by molar-refractivity contribution is 7.99. The van der Waals surface area contributed by atoms with Gasteiger partial charge in [-0.3, -0.25) is 18.7 Å². The number of rotatable bonds is 6. The number of nitrogens with one attached hydrogen (secondary N) is 1. The zero-order chi connectivity index (χ0) is 26.8. The van der Waals surface area contributed by atoms with Gasteiger partial charge in [0.2, 0.25) is 5.91 Å². The van der Waals surface area contributed by atoms with E-state index in [-0.39, 0.29) is 40.8 Å². The fourth-order valence-corrected chi connectivity index (χ4v) is 6.76. The standard InChI is InChI=1S/C27H31ClFN5O3S/c28-17-3-1-16(2-4-17)13-23(30)25(35)32-19-5-7-20(8-6-19)34-26(36)22-14-18(29)15-31-24(22)33(27(34)37)21-9-11-38-12-10-21/h1-4,14-15,19-21,23H,5-13,30H2,(H,32,35)/t19?,20?,23-/m1/s1. The monoisotopic (exact) mass is 559 g/mol. The number of hydrogen-bond donors (Lipinski definition) is 2. The van der Waals surface area contributed by atoms with Crippen molar-refractivity contribution in [1.29, 1.82) is 0 Å². The smallest absolute Gasteiger partial charge is 0.333 e. The second-order valence-electron chi connectivity index (χ2n) is 10.1. The van der Waals surface area contributed by atoms with Crippen LogP contribution in [0, 0.1) is 5.82 Å². The molecule has 1 amide bonds. The van der Waals surface area contributed by atoms with Gasteiger partial charge in [-0.2, -0.15) is 11.8 Å². The van der Waals surface area contributed by atoms with Crippen LogP contribution in [0.5, 0.6) is 0 Å². The third kappa shape index (κ3) is 5.67. The summed E-state index contributed by atoms with van der Waals surface area (Å²) in [5.74, 6) is 1.01. The Labute approximate surface area is 228 Å². The number of nitrogens with zero attached hydrogens (tertiary/aromatic N) is 3. The Balaban J connectivity index is 1.32. The molecular weight excluding hydrogens is 529 g/mol. The van der Waals surface area contributed by atoms with Crippen LogP contribution in [-0.4, -0.2) is 43.6 Å². The average Bonchev–Trinajstić information content (AvgIpc) is 2.92. The molecule has 2 aliphatic rings. The van der Waals surface area contributed by atoms with Crippen LogP contribution in [0.2, 0.25) is 5.02 Å². The number of carbonyl (C=O) groups is 1. The quantitative estimate of drug-likeness (QED) is 0.477. The molecule has 0 spiro atoms. The number of fused-ring (bicyclic) bond motifs is 1. The summed E-state index contributed by atoms with van der Waals surface area (Å²) in [6.07, 6.45) is 5.35. The number of halogens is 2. The van der Waals surface area contributed by atoms with E-state index >= 15 is 0 Å². The maximum Gasteiger partial charge on any atom is 0.333 e. The molecule has 3 aromatic rings. The summed E-state index contributed by atoms with van der Waals surface area (Å²) in [6, 6.07) is 7.22. The zero-order valence-corrected chi connectivity index (χ0v) is 22.5. The van der Waals surface area contributed by atoms with Crippen LogP contribution >= 0.6 is 23.4 Å². The first-order chi connectivity index (χ1) is 18.3. The lowest BCUT2D eigenvalue weighted by Gasteiger charge is -2.32. The van der Waals surface area contributed by atoms with Gasteiger partial charge in [0, 0.05) is 23.1 Å². The predicted molar refractivity (Wildman–Crippen MR) is 148 cm³/mol. The molecule has 38 heavy (non-hydrogen) atoms. The lowest BCUT2D eigenvalue weighted by atomic mass is 9.90. The molecule has 0 unspecified atom stereocenters. The first kappa shape index (κ1) is 26.9. The topological polar surface area (TPSA) is 112 Å². The van der Waals surface area contributed by atoms with E-state index in [9.17, 15) is 18.8 Å². The van der Waals surface area contributed by atoms with Crippen molar-refractivity contribution < 1.29 is 9.18 Å². The summed E-state index contributed by atoms with van der Waals surface area (Å²) in [7, 11) is 0. The van der Waals surface area contributed by atoms with Gasteiger partial charge in [-0.25, -0.2) is 14.2 Å². The van der Waals surface area contributed by atoms with Gasteiger partial charge in [0.05, 0.1) is 17.6 Å². The molecule has 8 nitrogen and oxygen atoms in total. The Morgan fingerprint density at radius 1 is 1.08 bits per heavy atom. The average molecular weight is 560 g/mol. The number of benzene rings is 1. The molecule has 5 rings (SSSR count). The lowest BCUT2D eigenvalue weighted by molar-refractivity contribution is -0.123. The Kier molecular flexibility index (Phi) is 8.20. The van der Waals surface area contributed by atoms with Crippen LogP contribution < -0.4 is 22.3 Å². The number of carbonyl (C=O) groups excluding carboxylic acids is 1. The van der Waals surface area contributed by atoms with Crippen molar-refractivity contribution >= 4 is 40.3 Å². The fraction of sp³-hybridized carbons (Fsp3) is 0.481. The lowest BCUT2D eigenvalue weighted by Crippen LogP contribution is -2.49. The zero-order valence-electron chi connectivity index (χ0n) is 20.9. The van der Waals surface area contributed by atoms with E-state index in [0.29, 0.717) is 37.1 Å². The number of thioether (sulfide) groups is 1. The van der Waals surface area contributed by atoms with Crippen LogP contribution in [-0.2, 0) is 11.2 Å².